The molecule has 0 atom stereocenters. The Morgan fingerprint density at radius 3 is 2.50 bits per heavy atom. The summed E-state index contributed by atoms with van der Waals surface area (Å²) >= 11 is 6.44. The van der Waals surface area contributed by atoms with Crippen molar-refractivity contribution < 1.29 is 4.79 Å². The van der Waals surface area contributed by atoms with E-state index in [4.69, 9.17) is 12.2 Å². The predicted molar refractivity (Wildman–Crippen MR) is 57.4 cm³/mol. The number of thioether (sulfide) groups is 1. The standard InChI is InChI=1S/C9H12OS2/c1-9(2,3)8(10)6-4-5-7(11)12-6/h4H,5H2,1-3H3. The first-order chi connectivity index (χ1) is 5.41. The second kappa shape index (κ2) is 3.30. The molecule has 66 valence electrons. The topological polar surface area (TPSA) is 17.1 Å². The highest BCUT2D eigenvalue weighted by Crippen LogP contribution is 2.33. The smallest absolute Gasteiger partial charge is 0.174 e. The highest BCUT2D eigenvalue weighted by atomic mass is 32.2. The molecule has 1 aliphatic rings. The van der Waals surface area contributed by atoms with Crippen molar-refractivity contribution in [3.05, 3.63) is 11.0 Å². The minimum absolute atomic E-state index is 0.201. The fourth-order valence-electron chi connectivity index (χ4n) is 0.891. The van der Waals surface area contributed by atoms with Gasteiger partial charge in [-0.2, -0.15) is 0 Å². The summed E-state index contributed by atoms with van der Waals surface area (Å²) in [5.41, 5.74) is -0.279. The van der Waals surface area contributed by atoms with Gasteiger partial charge in [-0.3, -0.25) is 4.79 Å². The van der Waals surface area contributed by atoms with E-state index in [-0.39, 0.29) is 11.2 Å². The Bertz CT molecular complexity index is 258. The van der Waals surface area contributed by atoms with Gasteiger partial charge in [0.1, 0.15) is 0 Å². The van der Waals surface area contributed by atoms with Crippen molar-refractivity contribution in [2.75, 3.05) is 0 Å². The lowest BCUT2D eigenvalue weighted by Crippen LogP contribution is -2.20. The number of carbonyl (C=O) groups excluding carboxylic acids is 1. The van der Waals surface area contributed by atoms with Crippen molar-refractivity contribution in [1.82, 2.24) is 0 Å². The molecule has 1 aliphatic heterocycles. The summed E-state index contributed by atoms with van der Waals surface area (Å²) in [5.74, 6) is 0.201. The number of rotatable bonds is 1. The van der Waals surface area contributed by atoms with E-state index in [0.717, 1.165) is 15.5 Å². The Labute approximate surface area is 82.6 Å². The third-order valence-corrected chi connectivity index (χ3v) is 2.97. The summed E-state index contributed by atoms with van der Waals surface area (Å²) in [6, 6.07) is 0. The van der Waals surface area contributed by atoms with Gasteiger partial charge in [-0.25, -0.2) is 0 Å². The number of hydrogen-bond donors (Lipinski definition) is 0. The largest absolute Gasteiger partial charge is 0.293 e. The molecule has 0 bridgehead atoms. The van der Waals surface area contributed by atoms with Gasteiger partial charge in [-0.05, 0) is 0 Å². The van der Waals surface area contributed by atoms with Crippen molar-refractivity contribution in [1.29, 1.82) is 0 Å². The number of allylic oxidation sites excluding steroid dienone is 2. The molecule has 0 fully saturated rings. The van der Waals surface area contributed by atoms with Crippen LogP contribution in [-0.2, 0) is 4.79 Å². The lowest BCUT2D eigenvalue weighted by Gasteiger charge is -2.16. The van der Waals surface area contributed by atoms with Gasteiger partial charge in [-0.1, -0.05) is 50.8 Å². The van der Waals surface area contributed by atoms with Crippen molar-refractivity contribution in [2.45, 2.75) is 27.2 Å². The number of carbonyl (C=O) groups is 1. The quantitative estimate of drug-likeness (QED) is 0.606. The van der Waals surface area contributed by atoms with Crippen LogP contribution in [-0.4, -0.2) is 9.98 Å². The summed E-state index contributed by atoms with van der Waals surface area (Å²) < 4.78 is 0.905. The van der Waals surface area contributed by atoms with Crippen LogP contribution in [0.4, 0.5) is 0 Å². The zero-order chi connectivity index (χ0) is 9.35. The lowest BCUT2D eigenvalue weighted by molar-refractivity contribution is -0.121. The second-order valence-electron chi connectivity index (χ2n) is 3.83. The Balaban J connectivity index is 2.74. The molecule has 0 unspecified atom stereocenters. The van der Waals surface area contributed by atoms with Crippen LogP contribution in [0.2, 0.25) is 0 Å². The molecular formula is C9H12OS2. The molecule has 12 heavy (non-hydrogen) atoms. The third-order valence-electron chi connectivity index (χ3n) is 1.58. The van der Waals surface area contributed by atoms with Crippen molar-refractivity contribution in [3.63, 3.8) is 0 Å². The molecule has 1 nitrogen and oxygen atoms in total. The van der Waals surface area contributed by atoms with Crippen LogP contribution in [0, 0.1) is 5.41 Å². The Morgan fingerprint density at radius 1 is 1.58 bits per heavy atom. The van der Waals surface area contributed by atoms with Crippen LogP contribution >= 0.6 is 24.0 Å². The monoisotopic (exact) mass is 200 g/mol. The number of thiocarbonyl (C=S) groups is 1. The molecule has 1 heterocycles. The van der Waals surface area contributed by atoms with Crippen LogP contribution < -0.4 is 0 Å². The molecule has 0 spiro atoms. The van der Waals surface area contributed by atoms with Crippen molar-refractivity contribution in [3.8, 4) is 0 Å². The highest BCUT2D eigenvalue weighted by molar-refractivity contribution is 8.26. The van der Waals surface area contributed by atoms with Gasteiger partial charge in [0.05, 0.1) is 9.10 Å². The first-order valence-corrected chi connectivity index (χ1v) is 5.09. The van der Waals surface area contributed by atoms with E-state index in [1.54, 1.807) is 0 Å². The molecule has 0 N–H and O–H groups in total. The average Bonchev–Trinajstić information content (AvgIpc) is 2.32. The number of Topliss-reactive ketones (excluding diaryl/α,β-unsaturated/α-hetero) is 1. The summed E-state index contributed by atoms with van der Waals surface area (Å²) in [6.07, 6.45) is 2.71. The van der Waals surface area contributed by atoms with Gasteiger partial charge in [0, 0.05) is 11.8 Å². The predicted octanol–water partition coefficient (Wildman–Crippen LogP) is 2.95. The van der Waals surface area contributed by atoms with E-state index in [1.807, 2.05) is 26.8 Å². The molecule has 0 aromatic carbocycles. The fourth-order valence-corrected chi connectivity index (χ4v) is 2.22. The number of hydrogen-bond acceptors (Lipinski definition) is 3. The Kier molecular flexibility index (Phi) is 2.74. The van der Waals surface area contributed by atoms with Gasteiger partial charge >= 0.3 is 0 Å². The van der Waals surface area contributed by atoms with E-state index in [2.05, 4.69) is 0 Å². The van der Waals surface area contributed by atoms with Gasteiger partial charge in [0.25, 0.3) is 0 Å². The molecule has 0 aromatic rings. The minimum atomic E-state index is -0.279. The maximum absolute atomic E-state index is 11.7. The first kappa shape index (κ1) is 9.93. The molecule has 1 rings (SSSR count). The van der Waals surface area contributed by atoms with E-state index >= 15 is 0 Å². The van der Waals surface area contributed by atoms with Crippen LogP contribution in [0.5, 0.6) is 0 Å². The Hall–Kier alpha value is -0.150. The summed E-state index contributed by atoms with van der Waals surface area (Å²) in [4.78, 5) is 12.5. The molecule has 0 amide bonds. The average molecular weight is 200 g/mol. The molecule has 0 aliphatic carbocycles. The van der Waals surface area contributed by atoms with Crippen LogP contribution in [0.25, 0.3) is 0 Å². The van der Waals surface area contributed by atoms with Gasteiger partial charge in [0.15, 0.2) is 5.78 Å². The van der Waals surface area contributed by atoms with Crippen LogP contribution in [0.1, 0.15) is 27.2 Å². The van der Waals surface area contributed by atoms with Crippen LogP contribution in [0.15, 0.2) is 11.0 Å². The summed E-state index contributed by atoms with van der Waals surface area (Å²) in [5, 5.41) is 0. The molecule has 0 saturated carbocycles. The van der Waals surface area contributed by atoms with E-state index < -0.39 is 0 Å². The fraction of sp³-hybridized carbons (Fsp3) is 0.556. The molecule has 3 heteroatoms. The maximum atomic E-state index is 11.7. The van der Waals surface area contributed by atoms with E-state index in [1.165, 1.54) is 11.8 Å². The molecular weight excluding hydrogens is 188 g/mol. The van der Waals surface area contributed by atoms with E-state index in [9.17, 15) is 4.79 Å². The van der Waals surface area contributed by atoms with Crippen molar-refractivity contribution >= 4 is 34.0 Å². The van der Waals surface area contributed by atoms with Gasteiger partial charge in [-0.15, -0.1) is 0 Å². The maximum Gasteiger partial charge on any atom is 0.174 e. The summed E-state index contributed by atoms with van der Waals surface area (Å²) in [7, 11) is 0. The van der Waals surface area contributed by atoms with Crippen molar-refractivity contribution in [2.24, 2.45) is 5.41 Å². The van der Waals surface area contributed by atoms with Gasteiger partial charge < -0.3 is 0 Å². The Morgan fingerprint density at radius 2 is 2.17 bits per heavy atom. The first-order valence-electron chi connectivity index (χ1n) is 3.87. The molecule has 0 radical (unpaired) electrons. The highest BCUT2D eigenvalue weighted by Gasteiger charge is 2.27. The zero-order valence-corrected chi connectivity index (χ0v) is 9.14. The summed E-state index contributed by atoms with van der Waals surface area (Å²) in [6.45, 7) is 5.79. The molecule has 0 saturated heterocycles. The normalized spacial score (nSPS) is 17.9. The SMILES string of the molecule is CC(C)(C)C(=O)C1=CCC(=S)S1. The van der Waals surface area contributed by atoms with E-state index in [0.29, 0.717) is 0 Å². The minimum Gasteiger partial charge on any atom is -0.293 e. The zero-order valence-electron chi connectivity index (χ0n) is 7.51. The third kappa shape index (κ3) is 2.17. The number of ketones is 1. The lowest BCUT2D eigenvalue weighted by atomic mass is 9.90. The van der Waals surface area contributed by atoms with Crippen LogP contribution in [0.3, 0.4) is 0 Å². The molecule has 0 aromatic heterocycles. The second-order valence-corrected chi connectivity index (χ2v) is 5.71. The van der Waals surface area contributed by atoms with Gasteiger partial charge in [0.2, 0.25) is 0 Å².